The van der Waals surface area contributed by atoms with Gasteiger partial charge < -0.3 is 9.15 Å². The van der Waals surface area contributed by atoms with Gasteiger partial charge in [-0.1, -0.05) is 18.5 Å². The molecule has 0 radical (unpaired) electrons. The number of esters is 1. The van der Waals surface area contributed by atoms with Crippen molar-refractivity contribution in [2.45, 2.75) is 19.8 Å². The largest absolute Gasteiger partial charge is 0.464 e. The van der Waals surface area contributed by atoms with Crippen LogP contribution in [-0.2, 0) is 11.2 Å². The van der Waals surface area contributed by atoms with E-state index in [-0.39, 0.29) is 5.69 Å². The van der Waals surface area contributed by atoms with Crippen LogP contribution in [-0.4, -0.2) is 18.1 Å². The number of carbonyl (C=O) groups excluding carboxylic acids is 1. The molecule has 0 bridgehead atoms. The fourth-order valence-corrected chi connectivity index (χ4v) is 1.85. The monoisotopic (exact) mass is 279 g/mol. The summed E-state index contributed by atoms with van der Waals surface area (Å²) in [6.07, 6.45) is 1.50. The predicted molar refractivity (Wildman–Crippen MR) is 72.3 cm³/mol. The van der Waals surface area contributed by atoms with Gasteiger partial charge in [0, 0.05) is 17.0 Å². The first-order chi connectivity index (χ1) is 9.15. The summed E-state index contributed by atoms with van der Waals surface area (Å²) in [5.74, 6) is 0.479. The quantitative estimate of drug-likeness (QED) is 0.800. The Hall–Kier alpha value is -1.81. The molecule has 19 heavy (non-hydrogen) atoms. The molecule has 1 aromatic heterocycles. The topological polar surface area (TPSA) is 52.3 Å². The molecule has 0 saturated carbocycles. The molecule has 0 aliphatic carbocycles. The maximum absolute atomic E-state index is 11.6. The summed E-state index contributed by atoms with van der Waals surface area (Å²) in [6.45, 7) is 2.01. The number of carbonyl (C=O) groups is 1. The summed E-state index contributed by atoms with van der Waals surface area (Å²) in [5, 5.41) is 0.636. The van der Waals surface area contributed by atoms with E-state index in [4.69, 9.17) is 20.8 Å². The second kappa shape index (κ2) is 5.89. The first-order valence-corrected chi connectivity index (χ1v) is 6.37. The Bertz CT molecular complexity index is 575. The van der Waals surface area contributed by atoms with Gasteiger partial charge in [-0.3, -0.25) is 0 Å². The van der Waals surface area contributed by atoms with Crippen molar-refractivity contribution >= 4 is 17.6 Å². The van der Waals surface area contributed by atoms with Gasteiger partial charge in [0.2, 0.25) is 5.89 Å². The van der Waals surface area contributed by atoms with E-state index >= 15 is 0 Å². The van der Waals surface area contributed by atoms with Gasteiger partial charge in [-0.2, -0.15) is 0 Å². The standard InChI is InChI=1S/C14H14ClNO3/c1-3-4-11-12(14(17)18-2)16-13(19-11)9-5-7-10(15)8-6-9/h5-8H,3-4H2,1-2H3. The third-order valence-electron chi connectivity index (χ3n) is 2.64. The highest BCUT2D eigenvalue weighted by Gasteiger charge is 2.20. The molecular weight excluding hydrogens is 266 g/mol. The van der Waals surface area contributed by atoms with E-state index in [0.717, 1.165) is 12.0 Å². The lowest BCUT2D eigenvalue weighted by atomic mass is 10.2. The Labute approximate surface area is 116 Å². The first kappa shape index (κ1) is 13.6. The van der Waals surface area contributed by atoms with Gasteiger partial charge in [0.15, 0.2) is 5.69 Å². The number of methoxy groups -OCH3 is 1. The molecule has 5 heteroatoms. The number of benzene rings is 1. The zero-order valence-electron chi connectivity index (χ0n) is 10.8. The molecule has 0 atom stereocenters. The number of halogens is 1. The molecular formula is C14H14ClNO3. The zero-order chi connectivity index (χ0) is 13.8. The fourth-order valence-electron chi connectivity index (χ4n) is 1.72. The van der Waals surface area contributed by atoms with Gasteiger partial charge in [0.05, 0.1) is 7.11 Å². The molecule has 0 aliphatic heterocycles. The van der Waals surface area contributed by atoms with Crippen LogP contribution in [0.25, 0.3) is 11.5 Å². The minimum absolute atomic E-state index is 0.245. The van der Waals surface area contributed by atoms with Crippen LogP contribution in [0.4, 0.5) is 0 Å². The second-order valence-electron chi connectivity index (χ2n) is 4.04. The van der Waals surface area contributed by atoms with Crippen LogP contribution in [0.3, 0.4) is 0 Å². The van der Waals surface area contributed by atoms with Gasteiger partial charge in [-0.25, -0.2) is 9.78 Å². The molecule has 0 aliphatic rings. The van der Waals surface area contributed by atoms with Crippen molar-refractivity contribution in [1.29, 1.82) is 0 Å². The minimum Gasteiger partial charge on any atom is -0.464 e. The highest BCUT2D eigenvalue weighted by Crippen LogP contribution is 2.24. The molecule has 0 saturated heterocycles. The van der Waals surface area contributed by atoms with Gasteiger partial charge in [-0.05, 0) is 30.7 Å². The average Bonchev–Trinajstić information content (AvgIpc) is 2.83. The Morgan fingerprint density at radius 2 is 2.05 bits per heavy atom. The highest BCUT2D eigenvalue weighted by atomic mass is 35.5. The number of hydrogen-bond donors (Lipinski definition) is 0. The number of nitrogens with zero attached hydrogens (tertiary/aromatic N) is 1. The molecule has 100 valence electrons. The lowest BCUT2D eigenvalue weighted by Gasteiger charge is -1.96. The second-order valence-corrected chi connectivity index (χ2v) is 4.48. The minimum atomic E-state index is -0.479. The normalized spacial score (nSPS) is 10.5. The van der Waals surface area contributed by atoms with E-state index < -0.39 is 5.97 Å². The van der Waals surface area contributed by atoms with Gasteiger partial charge in [0.1, 0.15) is 5.76 Å². The van der Waals surface area contributed by atoms with Crippen LogP contribution in [0.1, 0.15) is 29.6 Å². The van der Waals surface area contributed by atoms with Gasteiger partial charge in [0.25, 0.3) is 0 Å². The summed E-state index contributed by atoms with van der Waals surface area (Å²) in [5.41, 5.74) is 1.02. The molecule has 0 amide bonds. The fraction of sp³-hybridized carbons (Fsp3) is 0.286. The molecule has 0 spiro atoms. The van der Waals surface area contributed by atoms with Crippen molar-refractivity contribution in [2.24, 2.45) is 0 Å². The van der Waals surface area contributed by atoms with Crippen molar-refractivity contribution < 1.29 is 13.9 Å². The summed E-state index contributed by atoms with van der Waals surface area (Å²) in [6, 6.07) is 7.09. The average molecular weight is 280 g/mol. The lowest BCUT2D eigenvalue weighted by Crippen LogP contribution is -2.04. The molecule has 2 aromatic rings. The number of oxazole rings is 1. The lowest BCUT2D eigenvalue weighted by molar-refractivity contribution is 0.0592. The highest BCUT2D eigenvalue weighted by molar-refractivity contribution is 6.30. The van der Waals surface area contributed by atoms with E-state index in [1.807, 2.05) is 6.92 Å². The number of aromatic nitrogens is 1. The van der Waals surface area contributed by atoms with Crippen LogP contribution < -0.4 is 0 Å². The SMILES string of the molecule is CCCc1oc(-c2ccc(Cl)cc2)nc1C(=O)OC. The van der Waals surface area contributed by atoms with Crippen LogP contribution >= 0.6 is 11.6 Å². The summed E-state index contributed by atoms with van der Waals surface area (Å²) >= 11 is 5.83. The molecule has 4 nitrogen and oxygen atoms in total. The summed E-state index contributed by atoms with van der Waals surface area (Å²) in [4.78, 5) is 15.9. The van der Waals surface area contributed by atoms with E-state index in [2.05, 4.69) is 4.98 Å². The number of hydrogen-bond acceptors (Lipinski definition) is 4. The maximum Gasteiger partial charge on any atom is 0.360 e. The zero-order valence-corrected chi connectivity index (χ0v) is 11.5. The summed E-state index contributed by atoms with van der Waals surface area (Å²) in [7, 11) is 1.33. The third kappa shape index (κ3) is 2.96. The first-order valence-electron chi connectivity index (χ1n) is 5.99. The van der Waals surface area contributed by atoms with E-state index in [1.165, 1.54) is 7.11 Å². The van der Waals surface area contributed by atoms with Crippen LogP contribution in [0.5, 0.6) is 0 Å². The molecule has 0 N–H and O–H groups in total. The molecule has 1 aromatic carbocycles. The summed E-state index contributed by atoms with van der Waals surface area (Å²) < 4.78 is 10.4. The number of rotatable bonds is 4. The Kier molecular flexibility index (Phi) is 4.22. The predicted octanol–water partition coefficient (Wildman–Crippen LogP) is 3.73. The Morgan fingerprint density at radius 1 is 1.37 bits per heavy atom. The van der Waals surface area contributed by atoms with Crippen LogP contribution in [0.15, 0.2) is 28.7 Å². The van der Waals surface area contributed by atoms with Crippen molar-refractivity contribution in [3.8, 4) is 11.5 Å². The van der Waals surface area contributed by atoms with E-state index in [9.17, 15) is 4.79 Å². The Balaban J connectivity index is 2.41. The van der Waals surface area contributed by atoms with Crippen LogP contribution in [0, 0.1) is 0 Å². The maximum atomic E-state index is 11.6. The Morgan fingerprint density at radius 3 is 2.63 bits per heavy atom. The molecule has 1 heterocycles. The molecule has 0 unspecified atom stereocenters. The van der Waals surface area contributed by atoms with E-state index in [0.29, 0.717) is 23.1 Å². The number of ether oxygens (including phenoxy) is 1. The molecule has 0 fully saturated rings. The smallest absolute Gasteiger partial charge is 0.360 e. The van der Waals surface area contributed by atoms with Crippen molar-refractivity contribution in [3.63, 3.8) is 0 Å². The van der Waals surface area contributed by atoms with Crippen molar-refractivity contribution in [1.82, 2.24) is 4.98 Å². The van der Waals surface area contributed by atoms with Crippen LogP contribution in [0.2, 0.25) is 5.02 Å². The van der Waals surface area contributed by atoms with Crippen molar-refractivity contribution in [3.05, 3.63) is 40.7 Å². The number of aryl methyl sites for hydroxylation is 1. The molecule has 2 rings (SSSR count). The van der Waals surface area contributed by atoms with Gasteiger partial charge >= 0.3 is 5.97 Å². The third-order valence-corrected chi connectivity index (χ3v) is 2.90. The van der Waals surface area contributed by atoms with E-state index in [1.54, 1.807) is 24.3 Å². The van der Waals surface area contributed by atoms with Crippen molar-refractivity contribution in [2.75, 3.05) is 7.11 Å². The van der Waals surface area contributed by atoms with Gasteiger partial charge in [-0.15, -0.1) is 0 Å².